The minimum absolute atomic E-state index is 0.464. The van der Waals surface area contributed by atoms with Gasteiger partial charge in [-0.15, -0.1) is 0 Å². The van der Waals surface area contributed by atoms with Crippen LogP contribution in [0.5, 0.6) is 0 Å². The van der Waals surface area contributed by atoms with E-state index in [2.05, 4.69) is 24.3 Å². The fourth-order valence-electron chi connectivity index (χ4n) is 3.21. The Balaban J connectivity index is 1.77. The molecule has 3 aromatic rings. The van der Waals surface area contributed by atoms with Gasteiger partial charge in [0.15, 0.2) is 0 Å². The first kappa shape index (κ1) is 21.7. The van der Waals surface area contributed by atoms with E-state index in [4.69, 9.17) is 0 Å². The van der Waals surface area contributed by atoms with Gasteiger partial charge in [-0.05, 0) is 67.3 Å². The summed E-state index contributed by atoms with van der Waals surface area (Å²) in [5.41, 5.74) is 4.70. The minimum Gasteiger partial charge on any atom is -0.758 e. The van der Waals surface area contributed by atoms with E-state index in [1.807, 2.05) is 90.1 Å². The van der Waals surface area contributed by atoms with Crippen molar-refractivity contribution in [2.45, 2.75) is 52.6 Å². The van der Waals surface area contributed by atoms with Crippen molar-refractivity contribution in [1.29, 1.82) is 0 Å². The number of hydroxylamine groups is 1. The highest BCUT2D eigenvalue weighted by Gasteiger charge is 2.30. The summed E-state index contributed by atoms with van der Waals surface area (Å²) in [6.07, 6.45) is 0. The molecule has 4 nitrogen and oxygen atoms in total. The van der Waals surface area contributed by atoms with E-state index in [0.29, 0.717) is 11.4 Å². The number of benzene rings is 3. The number of anilines is 1. The van der Waals surface area contributed by atoms with Gasteiger partial charge < -0.3 is 10.3 Å². The van der Waals surface area contributed by atoms with Gasteiger partial charge in [0.1, 0.15) is 0 Å². The number of hydrogen-bond acceptors (Lipinski definition) is 3. The molecule has 3 rings (SSSR count). The maximum absolute atomic E-state index is 12.3. The lowest BCUT2D eigenvalue weighted by atomic mass is 9.99. The van der Waals surface area contributed by atoms with Crippen LogP contribution in [-0.4, -0.2) is 15.8 Å². The molecule has 156 valence electrons. The average molecular weight is 403 g/mol. The smallest absolute Gasteiger partial charge is 0.256 e. The summed E-state index contributed by atoms with van der Waals surface area (Å²) in [4.78, 5) is 12.3. The van der Waals surface area contributed by atoms with Crippen molar-refractivity contribution in [3.05, 3.63) is 82.9 Å². The molecule has 0 saturated heterocycles. The largest absolute Gasteiger partial charge is 0.758 e. The van der Waals surface area contributed by atoms with Crippen LogP contribution < -0.4 is 5.06 Å². The highest BCUT2D eigenvalue weighted by atomic mass is 16.5. The molecule has 0 aliphatic heterocycles. The van der Waals surface area contributed by atoms with Crippen LogP contribution in [-0.2, 0) is 0 Å². The average Bonchev–Trinajstić information content (AvgIpc) is 2.72. The molecule has 0 aliphatic rings. The molecule has 0 heterocycles. The van der Waals surface area contributed by atoms with Gasteiger partial charge in [-0.3, -0.25) is 0 Å². The molecule has 0 bridgehead atoms. The monoisotopic (exact) mass is 402 g/mol. The zero-order valence-electron chi connectivity index (χ0n) is 18.6. The van der Waals surface area contributed by atoms with Crippen molar-refractivity contribution in [1.82, 2.24) is 0 Å². The second-order valence-corrected chi connectivity index (χ2v) is 9.60. The number of hydrogen-bond donors (Lipinski definition) is 0. The van der Waals surface area contributed by atoms with Gasteiger partial charge in [0.05, 0.1) is 0 Å². The van der Waals surface area contributed by atoms with Crippen molar-refractivity contribution in [3.63, 3.8) is 0 Å². The Morgan fingerprint density at radius 2 is 0.967 bits per heavy atom. The Morgan fingerprint density at radius 1 is 0.633 bits per heavy atom. The highest BCUT2D eigenvalue weighted by Crippen LogP contribution is 2.30. The van der Waals surface area contributed by atoms with Gasteiger partial charge in [0, 0.05) is 53.8 Å². The molecule has 0 fully saturated rings. The van der Waals surface area contributed by atoms with E-state index in [-0.39, 0.29) is 0 Å². The molecule has 0 unspecified atom stereocenters. The predicted octanol–water partition coefficient (Wildman–Crippen LogP) is 7.33. The van der Waals surface area contributed by atoms with Crippen molar-refractivity contribution in [2.24, 2.45) is 0 Å². The molecule has 0 atom stereocenters. The molecule has 0 saturated carbocycles. The van der Waals surface area contributed by atoms with Crippen molar-refractivity contribution >= 4 is 11.4 Å². The summed E-state index contributed by atoms with van der Waals surface area (Å²) in [7, 11) is 0. The molecule has 0 amide bonds. The van der Waals surface area contributed by atoms with Crippen LogP contribution in [0.2, 0.25) is 0 Å². The molecular formula is C26H30N2O2. The lowest BCUT2D eigenvalue weighted by molar-refractivity contribution is -0.540. The molecule has 0 aliphatic carbocycles. The van der Waals surface area contributed by atoms with Gasteiger partial charge in [0.2, 0.25) is 5.54 Å². The molecule has 30 heavy (non-hydrogen) atoms. The van der Waals surface area contributed by atoms with E-state index in [9.17, 15) is 10.1 Å². The Morgan fingerprint density at radius 3 is 1.30 bits per heavy atom. The van der Waals surface area contributed by atoms with Gasteiger partial charge in [-0.2, -0.15) is 0 Å². The first-order valence-corrected chi connectivity index (χ1v) is 10.2. The maximum atomic E-state index is 12.3. The first-order chi connectivity index (χ1) is 14.0. The summed E-state index contributed by atoms with van der Waals surface area (Å²) in [6, 6.07) is 23.7. The SMILES string of the molecule is CC(C)(C)N([O-])c1ccc(-c2ccc(-c3ccc([N+](=O)C(C)(C)C)cc3)cc2)cc1. The third kappa shape index (κ3) is 4.77. The van der Waals surface area contributed by atoms with E-state index in [1.165, 1.54) is 0 Å². The van der Waals surface area contributed by atoms with Crippen molar-refractivity contribution in [3.8, 4) is 22.3 Å². The van der Waals surface area contributed by atoms with Gasteiger partial charge >= 0.3 is 0 Å². The standard InChI is InChI=1S/C26H30N2O2/c1-25(2,3)27(29)23-15-11-21(12-16-23)19-7-9-20(10-8-19)22-13-17-24(18-14-22)28(30)26(4,5)6/h7-18H,1-6H3. The second-order valence-electron chi connectivity index (χ2n) is 9.60. The summed E-state index contributed by atoms with van der Waals surface area (Å²) in [5.74, 6) is 0. The first-order valence-electron chi connectivity index (χ1n) is 10.2. The topological polar surface area (TPSA) is 46.4 Å². The van der Waals surface area contributed by atoms with Gasteiger partial charge in [-0.1, -0.05) is 36.4 Å². The summed E-state index contributed by atoms with van der Waals surface area (Å²) >= 11 is 0. The summed E-state index contributed by atoms with van der Waals surface area (Å²) in [6.45, 7) is 11.4. The zero-order valence-corrected chi connectivity index (χ0v) is 18.6. The van der Waals surface area contributed by atoms with Crippen LogP contribution in [0.25, 0.3) is 22.3 Å². The molecule has 0 radical (unpaired) electrons. The molecule has 0 aromatic heterocycles. The summed E-state index contributed by atoms with van der Waals surface area (Å²) in [5, 5.41) is 13.4. The Labute approximate surface area is 179 Å². The third-order valence-electron chi connectivity index (χ3n) is 4.97. The van der Waals surface area contributed by atoms with Crippen LogP contribution in [0.15, 0.2) is 72.8 Å². The fraction of sp³-hybridized carbons (Fsp3) is 0.308. The van der Waals surface area contributed by atoms with Crippen LogP contribution in [0.3, 0.4) is 0 Å². The molecule has 0 N–H and O–H groups in total. The van der Waals surface area contributed by atoms with Crippen LogP contribution >= 0.6 is 0 Å². The lowest BCUT2D eigenvalue weighted by Crippen LogP contribution is -2.36. The quantitative estimate of drug-likeness (QED) is 0.339. The van der Waals surface area contributed by atoms with Crippen LogP contribution in [0.4, 0.5) is 11.4 Å². The minimum atomic E-state index is -0.464. The third-order valence-corrected chi connectivity index (χ3v) is 4.97. The van der Waals surface area contributed by atoms with Crippen LogP contribution in [0.1, 0.15) is 41.5 Å². The van der Waals surface area contributed by atoms with E-state index < -0.39 is 11.1 Å². The lowest BCUT2D eigenvalue weighted by Gasteiger charge is -2.43. The molecular weight excluding hydrogens is 372 g/mol. The normalized spacial score (nSPS) is 12.0. The Hall–Kier alpha value is -2.98. The number of rotatable bonds is 4. The van der Waals surface area contributed by atoms with E-state index in [0.717, 1.165) is 32.1 Å². The predicted molar refractivity (Wildman–Crippen MR) is 126 cm³/mol. The second kappa shape index (κ2) is 8.04. The van der Waals surface area contributed by atoms with Gasteiger partial charge in [-0.25, -0.2) is 0 Å². The van der Waals surface area contributed by atoms with Crippen LogP contribution in [0, 0.1) is 10.1 Å². The van der Waals surface area contributed by atoms with Gasteiger partial charge in [0.25, 0.3) is 5.69 Å². The highest BCUT2D eigenvalue weighted by molar-refractivity contribution is 5.72. The van der Waals surface area contributed by atoms with E-state index in [1.54, 1.807) is 0 Å². The number of nitroso groups, excluding NO2 is 1. The summed E-state index contributed by atoms with van der Waals surface area (Å²) < 4.78 is 1.03. The zero-order chi connectivity index (χ0) is 22.1. The van der Waals surface area contributed by atoms with Crippen molar-refractivity contribution < 1.29 is 4.76 Å². The number of nitrogens with zero attached hydrogens (tertiary/aromatic N) is 2. The Kier molecular flexibility index (Phi) is 5.82. The van der Waals surface area contributed by atoms with Crippen molar-refractivity contribution in [2.75, 3.05) is 5.06 Å². The fourth-order valence-corrected chi connectivity index (χ4v) is 3.21. The molecule has 3 aromatic carbocycles. The van der Waals surface area contributed by atoms with E-state index >= 15 is 0 Å². The maximum Gasteiger partial charge on any atom is 0.256 e. The Bertz CT molecular complexity index is 1010. The molecule has 0 spiro atoms. The molecule has 4 heteroatoms.